The number of aliphatic carboxylic acids is 1. The van der Waals surface area contributed by atoms with Gasteiger partial charge in [-0.1, -0.05) is 40.5 Å². The molecule has 0 atom stereocenters. The fourth-order valence-electron chi connectivity index (χ4n) is 2.26. The van der Waals surface area contributed by atoms with E-state index in [2.05, 4.69) is 13.8 Å². The topological polar surface area (TPSA) is 57.6 Å². The zero-order valence-electron chi connectivity index (χ0n) is 13.0. The normalized spacial score (nSPS) is 11.7. The van der Waals surface area contributed by atoms with Crippen LogP contribution in [-0.2, 0) is 9.59 Å². The molecule has 0 saturated carbocycles. The number of amides is 1. The summed E-state index contributed by atoms with van der Waals surface area (Å²) in [6.45, 7) is 11.4. The first kappa shape index (κ1) is 17.9. The van der Waals surface area contributed by atoms with E-state index in [0.717, 1.165) is 19.4 Å². The largest absolute Gasteiger partial charge is 0.481 e. The summed E-state index contributed by atoms with van der Waals surface area (Å²) in [5, 5.41) is 8.85. The van der Waals surface area contributed by atoms with Crippen LogP contribution in [0.4, 0.5) is 0 Å². The molecular formula is C15H29NO3. The maximum Gasteiger partial charge on any atom is 0.303 e. The molecule has 4 heteroatoms. The van der Waals surface area contributed by atoms with E-state index in [1.165, 1.54) is 0 Å². The number of carboxylic acids is 1. The summed E-state index contributed by atoms with van der Waals surface area (Å²) in [5.74, 6) is -0.243. The second-order valence-electron chi connectivity index (χ2n) is 6.03. The first-order valence-corrected chi connectivity index (χ1v) is 7.25. The number of rotatable bonds is 9. The van der Waals surface area contributed by atoms with E-state index in [1.807, 2.05) is 25.7 Å². The molecule has 0 aliphatic rings. The molecule has 0 fully saturated rings. The van der Waals surface area contributed by atoms with Crippen molar-refractivity contribution in [3.8, 4) is 0 Å². The Morgan fingerprint density at radius 3 is 2.00 bits per heavy atom. The van der Waals surface area contributed by atoms with E-state index in [4.69, 9.17) is 5.11 Å². The minimum absolute atomic E-state index is 0.0290. The fraction of sp³-hybridized carbons (Fsp3) is 0.867. The van der Waals surface area contributed by atoms with Crippen LogP contribution >= 0.6 is 0 Å². The van der Waals surface area contributed by atoms with Crippen molar-refractivity contribution >= 4 is 11.9 Å². The molecule has 0 aliphatic carbocycles. The molecule has 0 aromatic carbocycles. The van der Waals surface area contributed by atoms with Crippen LogP contribution in [0.25, 0.3) is 0 Å². The van der Waals surface area contributed by atoms with Gasteiger partial charge in [-0.05, 0) is 18.3 Å². The molecule has 0 aliphatic heterocycles. The van der Waals surface area contributed by atoms with Crippen LogP contribution in [0.1, 0.15) is 60.3 Å². The van der Waals surface area contributed by atoms with Crippen molar-refractivity contribution in [2.75, 3.05) is 13.1 Å². The number of hydrogen-bond donors (Lipinski definition) is 1. The highest BCUT2D eigenvalue weighted by atomic mass is 16.4. The van der Waals surface area contributed by atoms with Gasteiger partial charge in [-0.2, -0.15) is 0 Å². The van der Waals surface area contributed by atoms with Crippen LogP contribution in [0.2, 0.25) is 0 Å². The first-order chi connectivity index (χ1) is 8.75. The van der Waals surface area contributed by atoms with Gasteiger partial charge < -0.3 is 10.0 Å². The smallest absolute Gasteiger partial charge is 0.303 e. The van der Waals surface area contributed by atoms with Gasteiger partial charge in [0.05, 0.1) is 6.42 Å². The average molecular weight is 271 g/mol. The Balaban J connectivity index is 4.54. The number of carboxylic acid groups (broad SMARTS) is 1. The molecule has 0 bridgehead atoms. The van der Waals surface area contributed by atoms with Crippen molar-refractivity contribution in [3.05, 3.63) is 0 Å². The van der Waals surface area contributed by atoms with E-state index in [9.17, 15) is 9.59 Å². The average Bonchev–Trinajstić information content (AvgIpc) is 2.28. The zero-order chi connectivity index (χ0) is 15.1. The third kappa shape index (κ3) is 7.19. The highest BCUT2D eigenvalue weighted by Crippen LogP contribution is 2.26. The zero-order valence-corrected chi connectivity index (χ0v) is 13.0. The van der Waals surface area contributed by atoms with Crippen LogP contribution in [0.3, 0.4) is 0 Å². The molecule has 0 rings (SSSR count). The minimum Gasteiger partial charge on any atom is -0.481 e. The van der Waals surface area contributed by atoms with Gasteiger partial charge in [0.15, 0.2) is 0 Å². The summed E-state index contributed by atoms with van der Waals surface area (Å²) in [4.78, 5) is 24.9. The molecule has 0 unspecified atom stereocenters. The lowest BCUT2D eigenvalue weighted by atomic mass is 9.85. The molecule has 0 saturated heterocycles. The van der Waals surface area contributed by atoms with Gasteiger partial charge in [0, 0.05) is 19.5 Å². The highest BCUT2D eigenvalue weighted by Gasteiger charge is 2.27. The molecule has 0 spiro atoms. The standard InChI is InChI=1S/C15H29NO3/c1-6-12(7-2)11-16(8-3)13(17)9-15(4,5)10-14(18)19/h12H,6-11H2,1-5H3,(H,18,19). The molecule has 4 nitrogen and oxygen atoms in total. The third-order valence-corrected chi connectivity index (χ3v) is 3.63. The van der Waals surface area contributed by atoms with Gasteiger partial charge in [0.25, 0.3) is 0 Å². The number of carbonyl (C=O) groups excluding carboxylic acids is 1. The molecular weight excluding hydrogens is 242 g/mol. The van der Waals surface area contributed by atoms with Gasteiger partial charge in [-0.3, -0.25) is 9.59 Å². The molecule has 0 aromatic heterocycles. The summed E-state index contributed by atoms with van der Waals surface area (Å²) in [5.41, 5.74) is -0.482. The third-order valence-electron chi connectivity index (χ3n) is 3.63. The maximum absolute atomic E-state index is 12.3. The quantitative estimate of drug-likeness (QED) is 0.700. The number of nitrogens with zero attached hydrogens (tertiary/aromatic N) is 1. The summed E-state index contributed by atoms with van der Waals surface area (Å²) in [7, 11) is 0. The monoisotopic (exact) mass is 271 g/mol. The molecule has 0 aromatic rings. The van der Waals surface area contributed by atoms with Gasteiger partial charge in [0.2, 0.25) is 5.91 Å². The Labute approximate surface area is 117 Å². The Morgan fingerprint density at radius 1 is 1.11 bits per heavy atom. The van der Waals surface area contributed by atoms with Gasteiger partial charge in [-0.15, -0.1) is 0 Å². The summed E-state index contributed by atoms with van der Waals surface area (Å²) < 4.78 is 0. The number of hydrogen-bond acceptors (Lipinski definition) is 2. The summed E-state index contributed by atoms with van der Waals surface area (Å²) in [6.07, 6.45) is 2.46. The second-order valence-corrected chi connectivity index (χ2v) is 6.03. The van der Waals surface area contributed by atoms with E-state index < -0.39 is 11.4 Å². The minimum atomic E-state index is -0.846. The van der Waals surface area contributed by atoms with Crippen molar-refractivity contribution in [3.63, 3.8) is 0 Å². The molecule has 0 heterocycles. The maximum atomic E-state index is 12.3. The predicted molar refractivity (Wildman–Crippen MR) is 77.0 cm³/mol. The van der Waals surface area contributed by atoms with Crippen molar-refractivity contribution in [2.24, 2.45) is 11.3 Å². The van der Waals surface area contributed by atoms with E-state index >= 15 is 0 Å². The Hall–Kier alpha value is -1.06. The van der Waals surface area contributed by atoms with Gasteiger partial charge in [-0.25, -0.2) is 0 Å². The lowest BCUT2D eigenvalue weighted by Crippen LogP contribution is -2.37. The predicted octanol–water partition coefficient (Wildman–Crippen LogP) is 3.16. The lowest BCUT2D eigenvalue weighted by molar-refractivity contribution is -0.140. The van der Waals surface area contributed by atoms with Crippen LogP contribution in [0.15, 0.2) is 0 Å². The first-order valence-electron chi connectivity index (χ1n) is 7.25. The Bertz CT molecular complexity index is 296. The highest BCUT2D eigenvalue weighted by molar-refractivity contribution is 5.78. The van der Waals surface area contributed by atoms with Crippen LogP contribution in [-0.4, -0.2) is 35.0 Å². The second kappa shape index (κ2) is 8.18. The van der Waals surface area contributed by atoms with Gasteiger partial charge >= 0.3 is 5.97 Å². The van der Waals surface area contributed by atoms with Crippen molar-refractivity contribution in [1.82, 2.24) is 4.90 Å². The Kier molecular flexibility index (Phi) is 7.72. The van der Waals surface area contributed by atoms with E-state index in [1.54, 1.807) is 0 Å². The molecule has 1 N–H and O–H groups in total. The van der Waals surface area contributed by atoms with Crippen molar-refractivity contribution < 1.29 is 14.7 Å². The van der Waals surface area contributed by atoms with Crippen molar-refractivity contribution in [2.45, 2.75) is 60.3 Å². The fourth-order valence-corrected chi connectivity index (χ4v) is 2.26. The lowest BCUT2D eigenvalue weighted by Gasteiger charge is -2.29. The molecule has 112 valence electrons. The Morgan fingerprint density at radius 2 is 1.63 bits per heavy atom. The van der Waals surface area contributed by atoms with Crippen LogP contribution < -0.4 is 0 Å². The van der Waals surface area contributed by atoms with Crippen molar-refractivity contribution in [1.29, 1.82) is 0 Å². The van der Waals surface area contributed by atoms with E-state index in [-0.39, 0.29) is 12.3 Å². The summed E-state index contributed by atoms with van der Waals surface area (Å²) >= 11 is 0. The van der Waals surface area contributed by atoms with E-state index in [0.29, 0.717) is 18.9 Å². The molecule has 1 amide bonds. The number of carbonyl (C=O) groups is 2. The SMILES string of the molecule is CCC(CC)CN(CC)C(=O)CC(C)(C)CC(=O)O. The summed E-state index contributed by atoms with van der Waals surface area (Å²) in [6, 6.07) is 0. The van der Waals surface area contributed by atoms with Crippen LogP contribution in [0, 0.1) is 11.3 Å². The van der Waals surface area contributed by atoms with Gasteiger partial charge in [0.1, 0.15) is 0 Å². The molecule has 19 heavy (non-hydrogen) atoms. The molecule has 0 radical (unpaired) electrons. The van der Waals surface area contributed by atoms with Crippen LogP contribution in [0.5, 0.6) is 0 Å².